The first kappa shape index (κ1) is 18.1. The third-order valence-corrected chi connectivity index (χ3v) is 3.89. The van der Waals surface area contributed by atoms with Crippen LogP contribution in [-0.2, 0) is 5.41 Å². The van der Waals surface area contributed by atoms with Gasteiger partial charge in [0.15, 0.2) is 17.5 Å². The van der Waals surface area contributed by atoms with Gasteiger partial charge in [-0.25, -0.2) is 0 Å². The Morgan fingerprint density at radius 2 is 1.73 bits per heavy atom. The second-order valence-corrected chi connectivity index (χ2v) is 5.80. The molecule has 0 aromatic heterocycles. The van der Waals surface area contributed by atoms with Gasteiger partial charge in [0.1, 0.15) is 0 Å². The normalized spacial score (nSPS) is 12.2. The minimum atomic E-state index is -0.142. The summed E-state index contributed by atoms with van der Waals surface area (Å²) in [6.07, 6.45) is 0. The molecule has 0 amide bonds. The first-order chi connectivity index (χ1) is 10.4. The van der Waals surface area contributed by atoms with Crippen molar-refractivity contribution in [1.29, 1.82) is 0 Å². The molecule has 0 unspecified atom stereocenters. The summed E-state index contributed by atoms with van der Waals surface area (Å²) in [5, 5.41) is 0. The largest absolute Gasteiger partial charge is 0.493 e. The Labute approximate surface area is 134 Å². The third-order valence-electron chi connectivity index (χ3n) is 3.89. The van der Waals surface area contributed by atoms with Crippen LogP contribution in [0.25, 0.3) is 0 Å². The van der Waals surface area contributed by atoms with E-state index >= 15 is 0 Å². The fourth-order valence-corrected chi connectivity index (χ4v) is 2.27. The van der Waals surface area contributed by atoms with Gasteiger partial charge in [0.2, 0.25) is 0 Å². The fraction of sp³-hybridized carbons (Fsp3) is 0.588. The Bertz CT molecular complexity index is 509. The van der Waals surface area contributed by atoms with Gasteiger partial charge >= 0.3 is 0 Å². The lowest BCUT2D eigenvalue weighted by molar-refractivity contribution is 0.353. The van der Waals surface area contributed by atoms with Crippen molar-refractivity contribution >= 4 is 5.96 Å². The van der Waals surface area contributed by atoms with E-state index < -0.39 is 0 Å². The van der Waals surface area contributed by atoms with Gasteiger partial charge in [-0.2, -0.15) is 0 Å². The van der Waals surface area contributed by atoms with Crippen LogP contribution in [0.2, 0.25) is 0 Å². The van der Waals surface area contributed by atoms with Crippen LogP contribution in [0.15, 0.2) is 23.2 Å². The fourth-order valence-electron chi connectivity index (χ4n) is 2.27. The van der Waals surface area contributed by atoms with Gasteiger partial charge in [-0.1, -0.05) is 19.9 Å². The summed E-state index contributed by atoms with van der Waals surface area (Å²) in [4.78, 5) is 6.61. The molecule has 1 rings (SSSR count). The zero-order valence-electron chi connectivity index (χ0n) is 14.6. The molecular weight excluding hydrogens is 278 g/mol. The smallest absolute Gasteiger partial charge is 0.191 e. The van der Waals surface area contributed by atoms with Gasteiger partial charge in [0, 0.05) is 18.5 Å². The van der Waals surface area contributed by atoms with Crippen LogP contribution in [0.3, 0.4) is 0 Å². The minimum Gasteiger partial charge on any atom is -0.493 e. The number of nitrogens with two attached hydrogens (primary N) is 1. The van der Waals surface area contributed by atoms with E-state index in [2.05, 4.69) is 32.7 Å². The molecule has 5 heteroatoms. The molecule has 0 spiro atoms. The highest BCUT2D eigenvalue weighted by atomic mass is 16.5. The van der Waals surface area contributed by atoms with Crippen molar-refractivity contribution in [2.24, 2.45) is 10.7 Å². The maximum atomic E-state index is 6.06. The maximum absolute atomic E-state index is 6.06. The third kappa shape index (κ3) is 4.29. The topological polar surface area (TPSA) is 60.1 Å². The van der Waals surface area contributed by atoms with E-state index in [1.165, 1.54) is 0 Å². The lowest BCUT2D eigenvalue weighted by Gasteiger charge is -2.26. The predicted octanol–water partition coefficient (Wildman–Crippen LogP) is 2.64. The zero-order valence-corrected chi connectivity index (χ0v) is 14.6. The van der Waals surface area contributed by atoms with Gasteiger partial charge < -0.3 is 20.1 Å². The molecule has 22 heavy (non-hydrogen) atoms. The number of hydrogen-bond donors (Lipinski definition) is 1. The molecule has 0 fully saturated rings. The summed E-state index contributed by atoms with van der Waals surface area (Å²) in [7, 11) is 3.28. The molecule has 2 N–H and O–H groups in total. The maximum Gasteiger partial charge on any atom is 0.191 e. The molecule has 0 aliphatic rings. The standard InChI is InChI=1S/C17H29N3O2/c1-7-20(8-2)16(18)19-12-17(3,4)13-9-10-14(21-5)15(11-13)22-6/h9-11H,7-8,12H2,1-6H3,(H2,18,19). The van der Waals surface area contributed by atoms with E-state index in [1.807, 2.05) is 23.1 Å². The van der Waals surface area contributed by atoms with Crippen LogP contribution in [0.4, 0.5) is 0 Å². The summed E-state index contributed by atoms with van der Waals surface area (Å²) in [5.74, 6) is 2.06. The van der Waals surface area contributed by atoms with E-state index in [1.54, 1.807) is 14.2 Å². The lowest BCUT2D eigenvalue weighted by atomic mass is 9.84. The number of rotatable bonds is 7. The lowest BCUT2D eigenvalue weighted by Crippen LogP contribution is -2.38. The Hall–Kier alpha value is -1.91. The van der Waals surface area contributed by atoms with Crippen LogP contribution in [0, 0.1) is 0 Å². The average Bonchev–Trinajstić information content (AvgIpc) is 2.53. The molecule has 0 saturated heterocycles. The van der Waals surface area contributed by atoms with Crippen LogP contribution in [0.1, 0.15) is 33.3 Å². The van der Waals surface area contributed by atoms with E-state index in [0.717, 1.165) is 30.2 Å². The molecule has 1 aromatic rings. The molecule has 0 aliphatic heterocycles. The Morgan fingerprint density at radius 3 is 2.23 bits per heavy atom. The van der Waals surface area contributed by atoms with Crippen molar-refractivity contribution in [3.05, 3.63) is 23.8 Å². The molecule has 0 bridgehead atoms. The highest BCUT2D eigenvalue weighted by molar-refractivity contribution is 5.78. The second kappa shape index (κ2) is 7.92. The molecule has 0 atom stereocenters. The first-order valence-electron chi connectivity index (χ1n) is 7.67. The highest BCUT2D eigenvalue weighted by Gasteiger charge is 2.22. The van der Waals surface area contributed by atoms with E-state index in [0.29, 0.717) is 12.5 Å². The Morgan fingerprint density at radius 1 is 1.14 bits per heavy atom. The number of hydrogen-bond acceptors (Lipinski definition) is 3. The number of benzene rings is 1. The minimum absolute atomic E-state index is 0.142. The molecular formula is C17H29N3O2. The summed E-state index contributed by atoms with van der Waals surface area (Å²) in [5.41, 5.74) is 7.06. The summed E-state index contributed by atoms with van der Waals surface area (Å²) in [6.45, 7) is 10.8. The quantitative estimate of drug-likeness (QED) is 0.621. The molecule has 0 radical (unpaired) electrons. The number of nitrogens with zero attached hydrogens (tertiary/aromatic N) is 2. The first-order valence-corrected chi connectivity index (χ1v) is 7.67. The van der Waals surface area contributed by atoms with Crippen LogP contribution < -0.4 is 15.2 Å². The number of guanidine groups is 1. The van der Waals surface area contributed by atoms with Gasteiger partial charge in [-0.3, -0.25) is 4.99 Å². The van der Waals surface area contributed by atoms with Crippen LogP contribution in [-0.4, -0.2) is 44.7 Å². The van der Waals surface area contributed by atoms with Crippen LogP contribution in [0.5, 0.6) is 11.5 Å². The van der Waals surface area contributed by atoms with Crippen molar-refractivity contribution < 1.29 is 9.47 Å². The van der Waals surface area contributed by atoms with Gasteiger partial charge in [0.25, 0.3) is 0 Å². The van der Waals surface area contributed by atoms with Gasteiger partial charge in [0.05, 0.1) is 20.8 Å². The van der Waals surface area contributed by atoms with E-state index in [4.69, 9.17) is 15.2 Å². The average molecular weight is 307 g/mol. The number of methoxy groups -OCH3 is 2. The molecule has 0 saturated carbocycles. The number of aliphatic imine (C=N–C) groups is 1. The predicted molar refractivity (Wildman–Crippen MR) is 92.0 cm³/mol. The van der Waals surface area contributed by atoms with E-state index in [-0.39, 0.29) is 5.41 Å². The molecule has 0 aliphatic carbocycles. The van der Waals surface area contributed by atoms with Gasteiger partial charge in [-0.05, 0) is 31.5 Å². The van der Waals surface area contributed by atoms with Crippen molar-refractivity contribution in [3.8, 4) is 11.5 Å². The van der Waals surface area contributed by atoms with Crippen molar-refractivity contribution in [2.45, 2.75) is 33.1 Å². The summed E-state index contributed by atoms with van der Waals surface area (Å²) in [6, 6.07) is 5.97. The second-order valence-electron chi connectivity index (χ2n) is 5.80. The molecule has 1 aromatic carbocycles. The van der Waals surface area contributed by atoms with Crippen molar-refractivity contribution in [1.82, 2.24) is 4.90 Å². The summed E-state index contributed by atoms with van der Waals surface area (Å²) < 4.78 is 10.7. The summed E-state index contributed by atoms with van der Waals surface area (Å²) >= 11 is 0. The van der Waals surface area contributed by atoms with Crippen LogP contribution >= 0.6 is 0 Å². The molecule has 124 valence electrons. The SMILES string of the molecule is CCN(CC)C(N)=NCC(C)(C)c1ccc(OC)c(OC)c1. The molecule has 5 nitrogen and oxygen atoms in total. The van der Waals surface area contributed by atoms with Crippen molar-refractivity contribution in [3.63, 3.8) is 0 Å². The number of ether oxygens (including phenoxy) is 2. The van der Waals surface area contributed by atoms with Crippen molar-refractivity contribution in [2.75, 3.05) is 33.9 Å². The van der Waals surface area contributed by atoms with Gasteiger partial charge in [-0.15, -0.1) is 0 Å². The van der Waals surface area contributed by atoms with E-state index in [9.17, 15) is 0 Å². The highest BCUT2D eigenvalue weighted by Crippen LogP contribution is 2.33. The Kier molecular flexibility index (Phi) is 6.53. The zero-order chi connectivity index (χ0) is 16.8. The Balaban J connectivity index is 2.97. The molecule has 0 heterocycles. The monoisotopic (exact) mass is 307 g/mol.